The number of hydrogen-bond donors (Lipinski definition) is 2. The maximum absolute atomic E-state index is 10.9. The highest BCUT2D eigenvalue weighted by Crippen LogP contribution is 2.30. The summed E-state index contributed by atoms with van der Waals surface area (Å²) in [5.74, 6) is -0.258. The van der Waals surface area contributed by atoms with E-state index < -0.39 is 5.76 Å². The van der Waals surface area contributed by atoms with Crippen LogP contribution in [0.4, 0.5) is 0 Å². The van der Waals surface area contributed by atoms with Gasteiger partial charge in [0.25, 0.3) is 5.89 Å². The summed E-state index contributed by atoms with van der Waals surface area (Å²) in [6.07, 6.45) is 1.77. The average molecular weight is 294 g/mol. The number of aromatic amines is 2. The van der Waals surface area contributed by atoms with Gasteiger partial charge in [-0.15, -0.1) is 5.10 Å². The van der Waals surface area contributed by atoms with Crippen molar-refractivity contribution in [3.05, 3.63) is 38.9 Å². The summed E-state index contributed by atoms with van der Waals surface area (Å²) in [4.78, 5) is 14.1. The van der Waals surface area contributed by atoms with Crippen molar-refractivity contribution in [1.82, 2.24) is 15.2 Å². The standard InChI is InChI=1S/C11H8BrN3O2/c1-5-2-6-7(10-14-15-11(16)17-10)4-13-9(6)3-8(5)12/h2-4,13H,1H3,(H,15,16). The molecule has 17 heavy (non-hydrogen) atoms. The van der Waals surface area contributed by atoms with Crippen molar-refractivity contribution < 1.29 is 4.42 Å². The van der Waals surface area contributed by atoms with Crippen molar-refractivity contribution in [2.24, 2.45) is 0 Å². The van der Waals surface area contributed by atoms with Crippen LogP contribution >= 0.6 is 15.9 Å². The highest BCUT2D eigenvalue weighted by molar-refractivity contribution is 9.10. The fraction of sp³-hybridized carbons (Fsp3) is 0.0909. The summed E-state index contributed by atoms with van der Waals surface area (Å²) in [6, 6.07) is 4.00. The average Bonchev–Trinajstić information content (AvgIpc) is 2.86. The number of rotatable bonds is 1. The van der Waals surface area contributed by atoms with Crippen LogP contribution in [0, 0.1) is 6.92 Å². The van der Waals surface area contributed by atoms with E-state index in [9.17, 15) is 4.79 Å². The van der Waals surface area contributed by atoms with E-state index in [2.05, 4.69) is 31.1 Å². The van der Waals surface area contributed by atoms with Gasteiger partial charge in [0.15, 0.2) is 0 Å². The molecule has 0 aliphatic rings. The van der Waals surface area contributed by atoms with Gasteiger partial charge in [-0.1, -0.05) is 15.9 Å². The molecule has 0 unspecified atom stereocenters. The van der Waals surface area contributed by atoms with E-state index in [1.807, 2.05) is 19.1 Å². The van der Waals surface area contributed by atoms with E-state index in [-0.39, 0.29) is 0 Å². The topological polar surface area (TPSA) is 74.7 Å². The largest absolute Gasteiger partial charge is 0.434 e. The highest BCUT2D eigenvalue weighted by Gasteiger charge is 2.12. The van der Waals surface area contributed by atoms with Gasteiger partial charge in [-0.3, -0.25) is 0 Å². The molecule has 0 fully saturated rings. The lowest BCUT2D eigenvalue weighted by Gasteiger charge is -1.98. The fourth-order valence-corrected chi connectivity index (χ4v) is 2.12. The van der Waals surface area contributed by atoms with Crippen molar-refractivity contribution in [2.45, 2.75) is 6.92 Å². The zero-order chi connectivity index (χ0) is 12.0. The van der Waals surface area contributed by atoms with Crippen LogP contribution < -0.4 is 5.76 Å². The molecule has 3 rings (SSSR count). The summed E-state index contributed by atoms with van der Waals surface area (Å²) >= 11 is 3.47. The van der Waals surface area contributed by atoms with E-state index >= 15 is 0 Å². The lowest BCUT2D eigenvalue weighted by atomic mass is 10.1. The Balaban J connectivity index is 2.31. The molecule has 0 aliphatic carbocycles. The van der Waals surface area contributed by atoms with Crippen molar-refractivity contribution >= 4 is 26.8 Å². The molecular formula is C11H8BrN3O2. The summed E-state index contributed by atoms with van der Waals surface area (Å²) in [6.45, 7) is 2.00. The van der Waals surface area contributed by atoms with Gasteiger partial charge in [0.05, 0.1) is 5.56 Å². The Bertz CT molecular complexity index is 754. The number of H-pyrrole nitrogens is 2. The molecule has 2 N–H and O–H groups in total. The first-order valence-corrected chi connectivity index (χ1v) is 5.77. The predicted octanol–water partition coefficient (Wildman–Crippen LogP) is 2.58. The van der Waals surface area contributed by atoms with E-state index in [0.717, 1.165) is 26.5 Å². The molecule has 0 radical (unpaired) electrons. The summed E-state index contributed by atoms with van der Waals surface area (Å²) < 4.78 is 5.98. The second kappa shape index (κ2) is 3.59. The van der Waals surface area contributed by atoms with Gasteiger partial charge in [-0.25, -0.2) is 9.89 Å². The summed E-state index contributed by atoms with van der Waals surface area (Å²) in [5, 5.41) is 7.05. The zero-order valence-electron chi connectivity index (χ0n) is 8.87. The third kappa shape index (κ3) is 1.61. The first-order valence-electron chi connectivity index (χ1n) is 4.98. The Morgan fingerprint density at radius 3 is 2.94 bits per heavy atom. The quantitative estimate of drug-likeness (QED) is 0.724. The fourth-order valence-electron chi connectivity index (χ4n) is 1.77. The second-order valence-electron chi connectivity index (χ2n) is 3.77. The second-order valence-corrected chi connectivity index (χ2v) is 4.62. The van der Waals surface area contributed by atoms with Crippen LogP contribution in [-0.4, -0.2) is 15.2 Å². The SMILES string of the molecule is Cc1cc2c(-c3n[nH]c(=O)o3)c[nH]c2cc1Br. The lowest BCUT2D eigenvalue weighted by Crippen LogP contribution is -1.93. The first kappa shape index (κ1) is 10.3. The van der Waals surface area contributed by atoms with Gasteiger partial charge in [0.2, 0.25) is 0 Å². The normalized spacial score (nSPS) is 11.2. The molecule has 0 saturated heterocycles. The molecule has 2 aromatic heterocycles. The Kier molecular flexibility index (Phi) is 2.19. The van der Waals surface area contributed by atoms with Gasteiger partial charge in [-0.05, 0) is 24.6 Å². The Morgan fingerprint density at radius 2 is 2.24 bits per heavy atom. The molecule has 0 bridgehead atoms. The van der Waals surface area contributed by atoms with Gasteiger partial charge < -0.3 is 9.40 Å². The predicted molar refractivity (Wildman–Crippen MR) is 66.9 cm³/mol. The van der Waals surface area contributed by atoms with Crippen LogP contribution in [0.5, 0.6) is 0 Å². The van der Waals surface area contributed by atoms with E-state index in [0.29, 0.717) is 5.89 Å². The van der Waals surface area contributed by atoms with Gasteiger partial charge in [-0.2, -0.15) is 0 Å². The number of nitrogens with zero attached hydrogens (tertiary/aromatic N) is 1. The molecule has 2 heterocycles. The van der Waals surface area contributed by atoms with Gasteiger partial charge in [0, 0.05) is 21.6 Å². The molecule has 0 aliphatic heterocycles. The van der Waals surface area contributed by atoms with E-state index in [4.69, 9.17) is 4.42 Å². The number of aromatic nitrogens is 3. The van der Waals surface area contributed by atoms with E-state index in [1.165, 1.54) is 0 Å². The first-order chi connectivity index (χ1) is 8.15. The summed E-state index contributed by atoms with van der Waals surface area (Å²) in [7, 11) is 0. The Labute approximate surface area is 104 Å². The van der Waals surface area contributed by atoms with Gasteiger partial charge in [0.1, 0.15) is 0 Å². The molecule has 86 valence electrons. The molecular weight excluding hydrogens is 286 g/mol. The lowest BCUT2D eigenvalue weighted by molar-refractivity contribution is 0.527. The van der Waals surface area contributed by atoms with Crippen molar-refractivity contribution in [2.75, 3.05) is 0 Å². The van der Waals surface area contributed by atoms with E-state index in [1.54, 1.807) is 6.20 Å². The molecule has 6 heteroatoms. The number of hydrogen-bond acceptors (Lipinski definition) is 3. The Hall–Kier alpha value is -1.82. The monoisotopic (exact) mass is 293 g/mol. The highest BCUT2D eigenvalue weighted by atomic mass is 79.9. The number of halogens is 1. The number of fused-ring (bicyclic) bond motifs is 1. The number of nitrogens with one attached hydrogen (secondary N) is 2. The minimum Gasteiger partial charge on any atom is -0.388 e. The zero-order valence-corrected chi connectivity index (χ0v) is 10.5. The Morgan fingerprint density at radius 1 is 1.41 bits per heavy atom. The van der Waals surface area contributed by atoms with Crippen molar-refractivity contribution in [3.63, 3.8) is 0 Å². The molecule has 0 amide bonds. The number of aryl methyl sites for hydroxylation is 1. The number of benzene rings is 1. The van der Waals surface area contributed by atoms with Crippen molar-refractivity contribution in [3.8, 4) is 11.5 Å². The molecule has 0 spiro atoms. The van der Waals surface area contributed by atoms with Crippen LogP contribution in [0.1, 0.15) is 5.56 Å². The van der Waals surface area contributed by atoms with Crippen LogP contribution in [0.2, 0.25) is 0 Å². The van der Waals surface area contributed by atoms with Gasteiger partial charge >= 0.3 is 5.76 Å². The van der Waals surface area contributed by atoms with Crippen LogP contribution in [0.25, 0.3) is 22.4 Å². The third-order valence-electron chi connectivity index (χ3n) is 2.63. The molecule has 0 saturated carbocycles. The maximum atomic E-state index is 10.9. The van der Waals surface area contributed by atoms with Crippen LogP contribution in [0.3, 0.4) is 0 Å². The van der Waals surface area contributed by atoms with Crippen LogP contribution in [-0.2, 0) is 0 Å². The molecule has 1 aromatic carbocycles. The maximum Gasteiger partial charge on any atom is 0.434 e. The molecule has 0 atom stereocenters. The van der Waals surface area contributed by atoms with Crippen molar-refractivity contribution in [1.29, 1.82) is 0 Å². The summed E-state index contributed by atoms with van der Waals surface area (Å²) in [5.41, 5.74) is 2.84. The third-order valence-corrected chi connectivity index (χ3v) is 3.48. The smallest absolute Gasteiger partial charge is 0.388 e. The van der Waals surface area contributed by atoms with Crippen LogP contribution in [0.15, 0.2) is 32.0 Å². The minimum atomic E-state index is -0.553. The molecule has 5 nitrogen and oxygen atoms in total. The molecule has 3 aromatic rings. The minimum absolute atomic E-state index is 0.294.